The Hall–Kier alpha value is -5.38. The van der Waals surface area contributed by atoms with Gasteiger partial charge in [-0.15, -0.1) is 0 Å². The van der Waals surface area contributed by atoms with Gasteiger partial charge in [-0.1, -0.05) is 24.0 Å². The number of hydrogen-bond donors (Lipinski definition) is 3. The summed E-state index contributed by atoms with van der Waals surface area (Å²) in [6.07, 6.45) is 6.90. The number of likely N-dealkylation sites (tertiary alicyclic amines) is 1. The van der Waals surface area contributed by atoms with Gasteiger partial charge in [-0.05, 0) is 63.7 Å². The Kier molecular flexibility index (Phi) is 9.37. The number of H-pyrrole nitrogens is 1. The molecule has 2 fully saturated rings. The predicted molar refractivity (Wildman–Crippen MR) is 175 cm³/mol. The third-order valence-electron chi connectivity index (χ3n) is 8.65. The minimum Gasteiger partial charge on any atom is -0.464 e. The van der Waals surface area contributed by atoms with Crippen molar-refractivity contribution in [2.45, 2.75) is 44.3 Å². The molecule has 2 saturated heterocycles. The van der Waals surface area contributed by atoms with Gasteiger partial charge in [0.2, 0.25) is 17.7 Å². The normalized spacial score (nSPS) is 18.1. The van der Waals surface area contributed by atoms with E-state index in [-0.39, 0.29) is 30.7 Å². The summed E-state index contributed by atoms with van der Waals surface area (Å²) in [6, 6.07) is 12.3. The van der Waals surface area contributed by atoms with Crippen molar-refractivity contribution in [1.82, 2.24) is 30.1 Å². The van der Waals surface area contributed by atoms with E-state index in [1.807, 2.05) is 11.0 Å². The monoisotopic (exact) mass is 633 g/mol. The fourth-order valence-electron chi connectivity index (χ4n) is 6.10. The second-order valence-electron chi connectivity index (χ2n) is 11.8. The van der Waals surface area contributed by atoms with Crippen LogP contribution < -0.4 is 15.4 Å². The van der Waals surface area contributed by atoms with Crippen molar-refractivity contribution in [3.05, 3.63) is 82.8 Å². The molecule has 2 atom stereocenters. The summed E-state index contributed by atoms with van der Waals surface area (Å²) in [5.74, 6) is 5.77. The number of hydrogen-bond acceptors (Lipinski definition) is 9. The molecule has 4 aromatic rings. The highest BCUT2D eigenvalue weighted by Crippen LogP contribution is 2.32. The van der Waals surface area contributed by atoms with Crippen LogP contribution in [0.3, 0.4) is 0 Å². The summed E-state index contributed by atoms with van der Waals surface area (Å²) >= 11 is 0. The first kappa shape index (κ1) is 31.6. The number of likely N-dealkylation sites (N-methyl/N-ethyl adjacent to an activating group) is 1. The SMILES string of the molecule is CN(Cc1c(C#CCOc2ccc(C(=O)Nc3cc4[nH]c(C5CCCN5C)cc4cn3)cn2)cccc1C=O)C1CCC(=O)NC1=O. The van der Waals surface area contributed by atoms with Gasteiger partial charge in [0.05, 0.1) is 17.1 Å². The van der Waals surface area contributed by atoms with Crippen molar-refractivity contribution >= 4 is 40.7 Å². The van der Waals surface area contributed by atoms with E-state index in [0.29, 0.717) is 53.0 Å². The van der Waals surface area contributed by atoms with Gasteiger partial charge in [0.15, 0.2) is 6.61 Å². The molecule has 240 valence electrons. The number of carbonyl (C=O) groups is 4. The van der Waals surface area contributed by atoms with Gasteiger partial charge in [-0.25, -0.2) is 9.97 Å². The predicted octanol–water partition coefficient (Wildman–Crippen LogP) is 3.46. The highest BCUT2D eigenvalue weighted by molar-refractivity contribution is 6.04. The minimum atomic E-state index is -0.483. The van der Waals surface area contributed by atoms with Gasteiger partial charge in [0, 0.05) is 65.7 Å². The number of anilines is 1. The lowest BCUT2D eigenvalue weighted by Crippen LogP contribution is -2.51. The molecule has 0 radical (unpaired) electrons. The molecule has 5 heterocycles. The van der Waals surface area contributed by atoms with Crippen molar-refractivity contribution in [2.24, 2.45) is 0 Å². The lowest BCUT2D eigenvalue weighted by atomic mass is 9.99. The van der Waals surface area contributed by atoms with Gasteiger partial charge >= 0.3 is 0 Å². The van der Waals surface area contributed by atoms with Crippen LogP contribution in [0.25, 0.3) is 10.9 Å². The smallest absolute Gasteiger partial charge is 0.258 e. The number of amides is 3. The van der Waals surface area contributed by atoms with Crippen LogP contribution >= 0.6 is 0 Å². The van der Waals surface area contributed by atoms with Crippen LogP contribution in [-0.2, 0) is 16.1 Å². The molecule has 0 aliphatic carbocycles. The van der Waals surface area contributed by atoms with Crippen LogP contribution in [-0.4, -0.2) is 82.0 Å². The van der Waals surface area contributed by atoms with Gasteiger partial charge in [0.25, 0.3) is 5.91 Å². The number of rotatable bonds is 9. The Bertz CT molecular complexity index is 1890. The van der Waals surface area contributed by atoms with E-state index in [1.54, 1.807) is 43.6 Å². The van der Waals surface area contributed by atoms with Crippen LogP contribution in [0.15, 0.2) is 54.9 Å². The van der Waals surface area contributed by atoms with E-state index in [9.17, 15) is 19.2 Å². The zero-order valence-corrected chi connectivity index (χ0v) is 26.2. The zero-order valence-electron chi connectivity index (χ0n) is 26.2. The highest BCUT2D eigenvalue weighted by atomic mass is 16.5. The number of piperidine rings is 1. The van der Waals surface area contributed by atoms with Crippen molar-refractivity contribution in [3.63, 3.8) is 0 Å². The Morgan fingerprint density at radius 1 is 1.17 bits per heavy atom. The molecule has 3 aromatic heterocycles. The van der Waals surface area contributed by atoms with Crippen LogP contribution in [0.4, 0.5) is 5.82 Å². The summed E-state index contributed by atoms with van der Waals surface area (Å²) in [5.41, 5.74) is 4.20. The lowest BCUT2D eigenvalue weighted by molar-refractivity contribution is -0.137. The fourth-order valence-corrected chi connectivity index (χ4v) is 6.10. The topological polar surface area (TPSA) is 150 Å². The highest BCUT2D eigenvalue weighted by Gasteiger charge is 2.30. The molecule has 12 heteroatoms. The molecule has 1 aromatic carbocycles. The Morgan fingerprint density at radius 3 is 2.79 bits per heavy atom. The number of aromatic amines is 1. The number of fused-ring (bicyclic) bond motifs is 1. The summed E-state index contributed by atoms with van der Waals surface area (Å²) in [7, 11) is 3.91. The molecule has 0 saturated carbocycles. The van der Waals surface area contributed by atoms with E-state index in [1.165, 1.54) is 12.6 Å². The summed E-state index contributed by atoms with van der Waals surface area (Å²) in [5, 5.41) is 6.19. The lowest BCUT2D eigenvalue weighted by Gasteiger charge is -2.30. The first-order valence-corrected chi connectivity index (χ1v) is 15.5. The number of nitrogens with zero attached hydrogens (tertiary/aromatic N) is 4. The van der Waals surface area contributed by atoms with E-state index in [4.69, 9.17) is 4.74 Å². The Morgan fingerprint density at radius 2 is 2.04 bits per heavy atom. The van der Waals surface area contributed by atoms with Crippen LogP contribution in [0.2, 0.25) is 0 Å². The van der Waals surface area contributed by atoms with E-state index < -0.39 is 6.04 Å². The summed E-state index contributed by atoms with van der Waals surface area (Å²) in [6.45, 7) is 1.39. The number of nitrogens with one attached hydrogen (secondary N) is 3. The molecule has 0 spiro atoms. The summed E-state index contributed by atoms with van der Waals surface area (Å²) in [4.78, 5) is 64.8. The maximum atomic E-state index is 12.9. The molecule has 47 heavy (non-hydrogen) atoms. The maximum absolute atomic E-state index is 12.9. The second-order valence-corrected chi connectivity index (χ2v) is 11.8. The third kappa shape index (κ3) is 7.22. The maximum Gasteiger partial charge on any atom is 0.258 e. The number of carbonyl (C=O) groups excluding carboxylic acids is 4. The first-order valence-electron chi connectivity index (χ1n) is 15.5. The molecule has 6 rings (SSSR count). The molecule has 2 aliphatic rings. The van der Waals surface area contributed by atoms with Gasteiger partial charge < -0.3 is 15.0 Å². The van der Waals surface area contributed by atoms with Gasteiger partial charge in [-0.3, -0.25) is 34.3 Å². The zero-order chi connectivity index (χ0) is 32.9. The average molecular weight is 634 g/mol. The largest absolute Gasteiger partial charge is 0.464 e. The minimum absolute atomic E-state index is 0.0188. The van der Waals surface area contributed by atoms with Crippen molar-refractivity contribution in [3.8, 4) is 17.7 Å². The number of pyridine rings is 2. The average Bonchev–Trinajstić information content (AvgIpc) is 3.69. The second kappa shape index (κ2) is 13.9. The van der Waals surface area contributed by atoms with Gasteiger partial charge in [-0.2, -0.15) is 0 Å². The van der Waals surface area contributed by atoms with E-state index in [2.05, 4.69) is 55.4 Å². The first-order chi connectivity index (χ1) is 22.8. The number of imide groups is 1. The van der Waals surface area contributed by atoms with Crippen molar-refractivity contribution < 1.29 is 23.9 Å². The molecular formula is C35H35N7O5. The van der Waals surface area contributed by atoms with Crippen LogP contribution in [0, 0.1) is 11.8 Å². The number of ether oxygens (including phenoxy) is 1. The number of aromatic nitrogens is 3. The molecule has 3 N–H and O–H groups in total. The Balaban J connectivity index is 1.05. The van der Waals surface area contributed by atoms with E-state index >= 15 is 0 Å². The molecule has 12 nitrogen and oxygen atoms in total. The standard InChI is InChI=1S/C35H35N7O5/c1-41-14-4-9-29(41)28-16-25-19-36-31(17-27(25)38-28)39-34(45)23-10-13-33(37-18-23)47-15-5-8-22-6-3-7-24(21-43)26(22)20-42(2)30-11-12-32(44)40-35(30)46/h3,6-7,10,13,16-19,21,29-30,38H,4,9,11-12,14-15,20H2,1-2H3,(H,36,39,45)(H,40,44,46). The third-order valence-corrected chi connectivity index (χ3v) is 8.65. The van der Waals surface area contributed by atoms with Crippen molar-refractivity contribution in [1.29, 1.82) is 0 Å². The molecule has 2 unspecified atom stereocenters. The van der Waals surface area contributed by atoms with E-state index in [0.717, 1.165) is 35.8 Å². The quantitative estimate of drug-likeness (QED) is 0.143. The Labute approximate surface area is 271 Å². The van der Waals surface area contributed by atoms with Crippen LogP contribution in [0.5, 0.6) is 5.88 Å². The summed E-state index contributed by atoms with van der Waals surface area (Å²) < 4.78 is 5.68. The molecular weight excluding hydrogens is 598 g/mol. The van der Waals surface area contributed by atoms with Crippen molar-refractivity contribution in [2.75, 3.05) is 32.6 Å². The molecule has 0 bridgehead atoms. The molecule has 3 amide bonds. The number of benzene rings is 1. The fraction of sp³-hybridized carbons (Fsp3) is 0.314. The van der Waals surface area contributed by atoms with Crippen LogP contribution in [0.1, 0.15) is 69.3 Å². The number of aldehydes is 1. The van der Waals surface area contributed by atoms with Gasteiger partial charge in [0.1, 0.15) is 12.1 Å². The molecule has 2 aliphatic heterocycles.